The molecule has 1 unspecified atom stereocenters. The van der Waals surface area contributed by atoms with E-state index in [1.807, 2.05) is 0 Å². The third-order valence-corrected chi connectivity index (χ3v) is 1.75. The Bertz CT molecular complexity index is 175. The zero-order valence-electron chi connectivity index (χ0n) is 7.81. The van der Waals surface area contributed by atoms with Crippen LogP contribution >= 0.6 is 0 Å². The highest BCUT2D eigenvalue weighted by atomic mass is 19.4. The van der Waals surface area contributed by atoms with Gasteiger partial charge in [-0.1, -0.05) is 20.8 Å². The number of hydrogen-bond donors (Lipinski definition) is 0. The number of halogens is 3. The monoisotopic (exact) mass is 198 g/mol. The molecule has 1 atom stereocenters. The molecule has 0 aliphatic rings. The zero-order chi connectivity index (χ0) is 10.6. The van der Waals surface area contributed by atoms with Gasteiger partial charge in [0.05, 0.1) is 5.92 Å². The number of carbonyl (C=O) groups is 1. The average molecular weight is 198 g/mol. The van der Waals surface area contributed by atoms with Gasteiger partial charge in [0.15, 0.2) is 6.61 Å². The first-order chi connectivity index (χ1) is 5.74. The zero-order valence-corrected chi connectivity index (χ0v) is 7.81. The maximum atomic E-state index is 11.6. The molecule has 2 nitrogen and oxygen atoms in total. The molecule has 0 N–H and O–H groups in total. The minimum Gasteiger partial charge on any atom is -0.456 e. The third-order valence-electron chi connectivity index (χ3n) is 1.75. The summed E-state index contributed by atoms with van der Waals surface area (Å²) in [7, 11) is 0. The second-order valence-electron chi connectivity index (χ2n) is 3.26. The van der Waals surface area contributed by atoms with Gasteiger partial charge < -0.3 is 4.74 Å². The highest BCUT2D eigenvalue weighted by Crippen LogP contribution is 2.17. The molecular weight excluding hydrogens is 185 g/mol. The quantitative estimate of drug-likeness (QED) is 0.651. The van der Waals surface area contributed by atoms with Crippen LogP contribution in [0, 0.1) is 11.8 Å². The first-order valence-corrected chi connectivity index (χ1v) is 3.97. The Balaban J connectivity index is 3.89. The Kier molecular flexibility index (Phi) is 4.23. The molecule has 0 aliphatic carbocycles. The summed E-state index contributed by atoms with van der Waals surface area (Å²) in [4.78, 5) is 10.9. The van der Waals surface area contributed by atoms with Gasteiger partial charge in [-0.3, -0.25) is 4.79 Å². The lowest BCUT2D eigenvalue weighted by molar-refractivity contribution is -0.189. The smallest absolute Gasteiger partial charge is 0.422 e. The van der Waals surface area contributed by atoms with Crippen LogP contribution in [-0.4, -0.2) is 18.8 Å². The first kappa shape index (κ1) is 12.3. The summed E-state index contributed by atoms with van der Waals surface area (Å²) in [5.41, 5.74) is 0. The maximum absolute atomic E-state index is 11.6. The van der Waals surface area contributed by atoms with Crippen LogP contribution < -0.4 is 0 Å². The van der Waals surface area contributed by atoms with Crippen LogP contribution in [0.4, 0.5) is 13.2 Å². The number of esters is 1. The van der Waals surface area contributed by atoms with E-state index < -0.39 is 24.7 Å². The van der Waals surface area contributed by atoms with Crippen molar-refractivity contribution in [3.63, 3.8) is 0 Å². The standard InChI is InChI=1S/C8H13F3O2/c1-5(2)6(3)7(12)13-4-8(9,10)11/h5-6H,4H2,1-3H3. The second-order valence-corrected chi connectivity index (χ2v) is 3.26. The minimum absolute atomic E-state index is 0.0132. The molecule has 0 saturated carbocycles. The summed E-state index contributed by atoms with van der Waals surface area (Å²) in [5.74, 6) is -1.31. The first-order valence-electron chi connectivity index (χ1n) is 3.97. The Morgan fingerprint density at radius 2 is 1.77 bits per heavy atom. The van der Waals surface area contributed by atoms with Gasteiger partial charge >= 0.3 is 12.1 Å². The highest BCUT2D eigenvalue weighted by molar-refractivity contribution is 5.72. The van der Waals surface area contributed by atoms with Gasteiger partial charge in [0, 0.05) is 0 Å². The lowest BCUT2D eigenvalue weighted by atomic mass is 9.99. The molecule has 0 rings (SSSR count). The molecule has 0 bridgehead atoms. The number of carbonyl (C=O) groups excluding carboxylic acids is 1. The molecule has 0 aliphatic heterocycles. The molecule has 78 valence electrons. The maximum Gasteiger partial charge on any atom is 0.422 e. The van der Waals surface area contributed by atoms with E-state index in [1.165, 1.54) is 0 Å². The summed E-state index contributed by atoms with van der Waals surface area (Å²) >= 11 is 0. The van der Waals surface area contributed by atoms with Crippen LogP contribution in [-0.2, 0) is 9.53 Å². The van der Waals surface area contributed by atoms with Crippen LogP contribution in [0.1, 0.15) is 20.8 Å². The number of rotatable bonds is 3. The molecular formula is C8H13F3O2. The molecule has 13 heavy (non-hydrogen) atoms. The van der Waals surface area contributed by atoms with Gasteiger partial charge in [-0.25, -0.2) is 0 Å². The van der Waals surface area contributed by atoms with Gasteiger partial charge in [0.2, 0.25) is 0 Å². The Hall–Kier alpha value is -0.740. The molecule has 0 amide bonds. The summed E-state index contributed by atoms with van der Waals surface area (Å²) in [6.45, 7) is 3.55. The van der Waals surface area contributed by atoms with Crippen LogP contribution in [0.3, 0.4) is 0 Å². The SMILES string of the molecule is CC(C)C(C)C(=O)OCC(F)(F)F. The van der Waals surface area contributed by atoms with Crippen molar-refractivity contribution in [1.29, 1.82) is 0 Å². The van der Waals surface area contributed by atoms with Crippen molar-refractivity contribution >= 4 is 5.97 Å². The van der Waals surface area contributed by atoms with E-state index in [2.05, 4.69) is 4.74 Å². The van der Waals surface area contributed by atoms with E-state index >= 15 is 0 Å². The predicted molar refractivity (Wildman–Crippen MR) is 41.0 cm³/mol. The molecule has 0 saturated heterocycles. The van der Waals surface area contributed by atoms with Gasteiger partial charge in [0.1, 0.15) is 0 Å². The normalized spacial score (nSPS) is 14.4. The minimum atomic E-state index is -4.44. The molecule has 0 aromatic carbocycles. The molecule has 0 aromatic heterocycles. The Labute approximate surface area is 75.1 Å². The molecule has 0 spiro atoms. The van der Waals surface area contributed by atoms with Crippen molar-refractivity contribution in [2.45, 2.75) is 26.9 Å². The van der Waals surface area contributed by atoms with Crippen LogP contribution in [0.25, 0.3) is 0 Å². The topological polar surface area (TPSA) is 26.3 Å². The third kappa shape index (κ3) is 5.49. The predicted octanol–water partition coefficient (Wildman–Crippen LogP) is 2.38. The Morgan fingerprint density at radius 1 is 1.31 bits per heavy atom. The number of ether oxygens (including phenoxy) is 1. The fourth-order valence-electron chi connectivity index (χ4n) is 0.557. The van der Waals surface area contributed by atoms with Gasteiger partial charge in [-0.05, 0) is 5.92 Å². The fourth-order valence-corrected chi connectivity index (χ4v) is 0.557. The van der Waals surface area contributed by atoms with E-state index in [1.54, 1.807) is 20.8 Å². The van der Waals surface area contributed by atoms with Crippen LogP contribution in [0.2, 0.25) is 0 Å². The van der Waals surface area contributed by atoms with Gasteiger partial charge in [-0.2, -0.15) is 13.2 Å². The van der Waals surface area contributed by atoms with Gasteiger partial charge in [-0.15, -0.1) is 0 Å². The van der Waals surface area contributed by atoms with Crippen molar-refractivity contribution in [3.8, 4) is 0 Å². The summed E-state index contributed by atoms with van der Waals surface area (Å²) in [6, 6.07) is 0. The van der Waals surface area contributed by atoms with E-state index in [-0.39, 0.29) is 5.92 Å². The van der Waals surface area contributed by atoms with Crippen molar-refractivity contribution in [2.24, 2.45) is 11.8 Å². The number of hydrogen-bond acceptors (Lipinski definition) is 2. The molecule has 0 radical (unpaired) electrons. The highest BCUT2D eigenvalue weighted by Gasteiger charge is 2.31. The lowest BCUT2D eigenvalue weighted by Crippen LogP contribution is -2.25. The van der Waals surface area contributed by atoms with Crippen molar-refractivity contribution in [1.82, 2.24) is 0 Å². The number of alkyl halides is 3. The van der Waals surface area contributed by atoms with E-state index in [0.29, 0.717) is 0 Å². The van der Waals surface area contributed by atoms with E-state index in [9.17, 15) is 18.0 Å². The van der Waals surface area contributed by atoms with Crippen LogP contribution in [0.15, 0.2) is 0 Å². The van der Waals surface area contributed by atoms with E-state index in [4.69, 9.17) is 0 Å². The van der Waals surface area contributed by atoms with Crippen molar-refractivity contribution in [3.05, 3.63) is 0 Å². The second kappa shape index (κ2) is 4.48. The fraction of sp³-hybridized carbons (Fsp3) is 0.875. The molecule has 5 heteroatoms. The van der Waals surface area contributed by atoms with Crippen LogP contribution in [0.5, 0.6) is 0 Å². The summed E-state index contributed by atoms with van der Waals surface area (Å²) in [5, 5.41) is 0. The Morgan fingerprint density at radius 3 is 2.08 bits per heavy atom. The van der Waals surface area contributed by atoms with Crippen molar-refractivity contribution < 1.29 is 22.7 Å². The average Bonchev–Trinajstić information content (AvgIpc) is 1.97. The largest absolute Gasteiger partial charge is 0.456 e. The molecule has 0 heterocycles. The van der Waals surface area contributed by atoms with Gasteiger partial charge in [0.25, 0.3) is 0 Å². The van der Waals surface area contributed by atoms with E-state index in [0.717, 1.165) is 0 Å². The molecule has 0 fully saturated rings. The summed E-state index contributed by atoms with van der Waals surface area (Å²) in [6.07, 6.45) is -4.44. The summed E-state index contributed by atoms with van der Waals surface area (Å²) < 4.78 is 38.9. The van der Waals surface area contributed by atoms with Crippen molar-refractivity contribution in [2.75, 3.05) is 6.61 Å². The lowest BCUT2D eigenvalue weighted by Gasteiger charge is -2.15. The molecule has 0 aromatic rings.